The minimum Gasteiger partial charge on any atom is -0.493 e. The number of fused-ring (bicyclic) bond motifs is 1. The van der Waals surface area contributed by atoms with Gasteiger partial charge in [0, 0.05) is 16.7 Å². The smallest absolute Gasteiger partial charge is 0.345 e. The van der Waals surface area contributed by atoms with Gasteiger partial charge in [0.1, 0.15) is 23.1 Å². The van der Waals surface area contributed by atoms with Gasteiger partial charge in [0.05, 0.1) is 30.7 Å². The van der Waals surface area contributed by atoms with Crippen LogP contribution < -0.4 is 24.7 Å². The molecule has 0 bridgehead atoms. The van der Waals surface area contributed by atoms with Gasteiger partial charge in [0.15, 0.2) is 11.5 Å². The Labute approximate surface area is 205 Å². The summed E-state index contributed by atoms with van der Waals surface area (Å²) in [4.78, 5) is 12.6. The molecule has 172 valence electrons. The van der Waals surface area contributed by atoms with Gasteiger partial charge in [-0.3, -0.25) is 0 Å². The lowest BCUT2D eigenvalue weighted by Gasteiger charge is -2.27. The molecule has 2 N–H and O–H groups in total. The largest absolute Gasteiger partial charge is 0.493 e. The second-order valence-corrected chi connectivity index (χ2v) is 8.10. The predicted molar refractivity (Wildman–Crippen MR) is 127 cm³/mol. The Morgan fingerprint density at radius 1 is 1.03 bits per heavy atom. The number of hydrogen-bond acceptors (Lipinski definition) is 7. The van der Waals surface area contributed by atoms with Gasteiger partial charge in [0.2, 0.25) is 5.88 Å². The summed E-state index contributed by atoms with van der Waals surface area (Å²) in [6.45, 7) is 0. The van der Waals surface area contributed by atoms with Crippen molar-refractivity contribution in [2.75, 3.05) is 14.2 Å². The van der Waals surface area contributed by atoms with Crippen molar-refractivity contribution in [3.8, 4) is 29.1 Å². The van der Waals surface area contributed by atoms with Crippen LogP contribution in [0, 0.1) is 11.3 Å². The van der Waals surface area contributed by atoms with Crippen molar-refractivity contribution in [1.29, 1.82) is 5.26 Å². The molecule has 0 amide bonds. The fourth-order valence-corrected chi connectivity index (χ4v) is 4.18. The lowest BCUT2D eigenvalue weighted by molar-refractivity contribution is 0.0734. The monoisotopic (exact) mass is 496 g/mol. The van der Waals surface area contributed by atoms with E-state index in [-0.39, 0.29) is 27.8 Å². The fourth-order valence-electron chi connectivity index (χ4n) is 3.69. The van der Waals surface area contributed by atoms with Gasteiger partial charge in [-0.25, -0.2) is 4.79 Å². The standard InChI is InChI=1S/C25H18Cl2N2O5/c1-31-20-8-3-13(9-22(20)32-2)23-17-7-5-15(11-21(17)34-24(29)18(23)12-28)33-25(30)16-6-4-14(26)10-19(16)27/h3-11,23H,29H2,1-2H3. The van der Waals surface area contributed by atoms with Crippen LogP contribution >= 0.6 is 23.2 Å². The molecule has 1 aliphatic rings. The molecule has 3 aromatic carbocycles. The van der Waals surface area contributed by atoms with E-state index in [0.717, 1.165) is 5.56 Å². The molecule has 0 fully saturated rings. The SMILES string of the molecule is COc1ccc(C2C(C#N)=C(N)Oc3cc(OC(=O)c4ccc(Cl)cc4Cl)ccc32)cc1OC. The van der Waals surface area contributed by atoms with Crippen LogP contribution in [0.2, 0.25) is 10.0 Å². The summed E-state index contributed by atoms with van der Waals surface area (Å²) in [7, 11) is 3.07. The molecule has 34 heavy (non-hydrogen) atoms. The molecule has 3 aromatic rings. The molecule has 0 radical (unpaired) electrons. The maximum absolute atomic E-state index is 12.6. The number of methoxy groups -OCH3 is 2. The third kappa shape index (κ3) is 4.34. The number of ether oxygens (including phenoxy) is 4. The first-order valence-corrected chi connectivity index (χ1v) is 10.7. The number of rotatable bonds is 5. The maximum atomic E-state index is 12.6. The highest BCUT2D eigenvalue weighted by molar-refractivity contribution is 6.36. The predicted octanol–water partition coefficient (Wildman–Crippen LogP) is 5.45. The Morgan fingerprint density at radius 3 is 2.47 bits per heavy atom. The first-order valence-electron chi connectivity index (χ1n) is 9.97. The van der Waals surface area contributed by atoms with Crippen LogP contribution in [0.3, 0.4) is 0 Å². The van der Waals surface area contributed by atoms with Crippen LogP contribution in [0.15, 0.2) is 66.1 Å². The second kappa shape index (κ2) is 9.56. The average molecular weight is 497 g/mol. The molecule has 9 heteroatoms. The Kier molecular flexibility index (Phi) is 6.55. The topological polar surface area (TPSA) is 104 Å². The zero-order valence-electron chi connectivity index (χ0n) is 18.1. The van der Waals surface area contributed by atoms with Crippen LogP contribution in [-0.2, 0) is 0 Å². The molecular weight excluding hydrogens is 479 g/mol. The van der Waals surface area contributed by atoms with E-state index in [4.69, 9.17) is 47.9 Å². The minimum atomic E-state index is -0.657. The zero-order valence-corrected chi connectivity index (χ0v) is 19.6. The van der Waals surface area contributed by atoms with E-state index in [2.05, 4.69) is 6.07 Å². The molecule has 0 aromatic heterocycles. The summed E-state index contributed by atoms with van der Waals surface area (Å²) in [6.07, 6.45) is 0. The Hall–Kier alpha value is -3.86. The molecule has 0 spiro atoms. The van der Waals surface area contributed by atoms with Crippen molar-refractivity contribution in [2.45, 2.75) is 5.92 Å². The molecule has 0 saturated carbocycles. The molecule has 7 nitrogen and oxygen atoms in total. The van der Waals surface area contributed by atoms with Gasteiger partial charge in [-0.05, 0) is 42.0 Å². The van der Waals surface area contributed by atoms with Gasteiger partial charge in [-0.2, -0.15) is 5.26 Å². The lowest BCUT2D eigenvalue weighted by atomic mass is 9.83. The lowest BCUT2D eigenvalue weighted by Crippen LogP contribution is -2.21. The number of benzene rings is 3. The van der Waals surface area contributed by atoms with E-state index in [9.17, 15) is 10.1 Å². The molecule has 1 atom stereocenters. The van der Waals surface area contributed by atoms with Crippen molar-refractivity contribution in [3.05, 3.63) is 92.8 Å². The maximum Gasteiger partial charge on any atom is 0.345 e. The van der Waals surface area contributed by atoms with Crippen LogP contribution in [0.4, 0.5) is 0 Å². The molecule has 1 unspecified atom stereocenters. The summed E-state index contributed by atoms with van der Waals surface area (Å²) in [6, 6.07) is 16.8. The van der Waals surface area contributed by atoms with Crippen molar-refractivity contribution in [2.24, 2.45) is 5.73 Å². The molecule has 0 aliphatic carbocycles. The molecule has 0 saturated heterocycles. The molecule has 1 heterocycles. The minimum absolute atomic E-state index is 0.0426. The van der Waals surface area contributed by atoms with E-state index in [1.165, 1.54) is 25.3 Å². The summed E-state index contributed by atoms with van der Waals surface area (Å²) in [5.41, 5.74) is 7.91. The second-order valence-electron chi connectivity index (χ2n) is 7.25. The quantitative estimate of drug-likeness (QED) is 0.369. The van der Waals surface area contributed by atoms with Gasteiger partial charge < -0.3 is 24.7 Å². The number of carbonyl (C=O) groups excluding carboxylic acids is 1. The molecular formula is C25H18Cl2N2O5. The van der Waals surface area contributed by atoms with Crippen LogP contribution in [-0.4, -0.2) is 20.2 Å². The average Bonchev–Trinajstić information content (AvgIpc) is 2.82. The number of nitrogens with two attached hydrogens (primary N) is 1. The van der Waals surface area contributed by atoms with Gasteiger partial charge in [0.25, 0.3) is 0 Å². The van der Waals surface area contributed by atoms with E-state index in [1.807, 2.05) is 6.07 Å². The summed E-state index contributed by atoms with van der Waals surface area (Å²) in [5, 5.41) is 10.4. The van der Waals surface area contributed by atoms with Crippen molar-refractivity contribution in [1.82, 2.24) is 0 Å². The number of esters is 1. The number of nitriles is 1. The third-order valence-corrected chi connectivity index (χ3v) is 5.84. The van der Waals surface area contributed by atoms with Crippen molar-refractivity contribution >= 4 is 29.2 Å². The van der Waals surface area contributed by atoms with E-state index in [0.29, 0.717) is 27.8 Å². The Bertz CT molecular complexity index is 1360. The summed E-state index contributed by atoms with van der Waals surface area (Å²) < 4.78 is 21.9. The summed E-state index contributed by atoms with van der Waals surface area (Å²) in [5.74, 6) is 0.405. The van der Waals surface area contributed by atoms with E-state index < -0.39 is 11.9 Å². The third-order valence-electron chi connectivity index (χ3n) is 5.29. The fraction of sp³-hybridized carbons (Fsp3) is 0.120. The Morgan fingerprint density at radius 2 is 1.79 bits per heavy atom. The highest BCUT2D eigenvalue weighted by Gasteiger charge is 2.32. The van der Waals surface area contributed by atoms with Gasteiger partial charge in [-0.1, -0.05) is 35.3 Å². The van der Waals surface area contributed by atoms with Crippen molar-refractivity contribution < 1.29 is 23.7 Å². The first-order chi connectivity index (χ1) is 16.4. The van der Waals surface area contributed by atoms with Crippen LogP contribution in [0.1, 0.15) is 27.4 Å². The van der Waals surface area contributed by atoms with Gasteiger partial charge in [-0.15, -0.1) is 0 Å². The van der Waals surface area contributed by atoms with E-state index in [1.54, 1.807) is 37.4 Å². The molecule has 4 rings (SSSR count). The summed E-state index contributed by atoms with van der Waals surface area (Å²) >= 11 is 12.0. The first kappa shape index (κ1) is 23.3. The zero-order chi connectivity index (χ0) is 24.4. The molecule has 1 aliphatic heterocycles. The van der Waals surface area contributed by atoms with E-state index >= 15 is 0 Å². The normalized spacial score (nSPS) is 14.5. The van der Waals surface area contributed by atoms with Crippen molar-refractivity contribution in [3.63, 3.8) is 0 Å². The number of allylic oxidation sites excluding steroid dienone is 1. The number of halogens is 2. The number of hydrogen-bond donors (Lipinski definition) is 1. The van der Waals surface area contributed by atoms with Gasteiger partial charge >= 0.3 is 5.97 Å². The van der Waals surface area contributed by atoms with Crippen LogP contribution in [0.5, 0.6) is 23.0 Å². The Balaban J connectivity index is 1.71. The highest BCUT2D eigenvalue weighted by Crippen LogP contribution is 2.45. The number of nitrogens with zero attached hydrogens (tertiary/aromatic N) is 1. The number of carbonyl (C=O) groups is 1. The van der Waals surface area contributed by atoms with Crippen LogP contribution in [0.25, 0.3) is 0 Å². The highest BCUT2D eigenvalue weighted by atomic mass is 35.5.